The Bertz CT molecular complexity index is 3400. The number of ether oxygens (including phenoxy) is 3. The van der Waals surface area contributed by atoms with Crippen LogP contribution in [0.4, 0.5) is 0 Å². The third kappa shape index (κ3) is 34.8. The Morgan fingerprint density at radius 1 is 0.326 bits per heavy atom. The molecule has 0 spiro atoms. The van der Waals surface area contributed by atoms with E-state index in [2.05, 4.69) is 196 Å². The third-order valence-corrected chi connectivity index (χ3v) is 42.3. The van der Waals surface area contributed by atoms with Crippen LogP contribution < -0.4 is 0 Å². The fraction of sp³-hybridized carbons (Fsp3) is 0.902. The van der Waals surface area contributed by atoms with Crippen LogP contribution in [0, 0.1) is 203 Å². The SMILES string of the molecule is CC1CCC2C(C1)C1C(C3CCCCC3C1C(C)(C)C1CCC(CCCCCCOC(C)(C)C)C1)N2Cc1ccccc1.CC1CCC2C(C1)C1C(C3CCCCC3C1C(C)(C)C1CCC(CCCCCCOC(C)(C)C)C1)N2[Si](C)(C)C.CCCCN1C2CCC(C)CC2C2C1C1CCCCC1C2C(C)(C)C1CCC(CCCCCCOC(C)(C)C)C1.[CH3-].[CH3-].[CH3-].[CH3-].[CH3-].[CH3-].[Cl][Zr+2][Cl].[Cl][Zr+2][Cl].[Cl][Zr+2][Cl]. The first-order valence-corrected chi connectivity index (χ1v) is 79.4. The van der Waals surface area contributed by atoms with E-state index in [-0.39, 0.29) is 61.4 Å². The summed E-state index contributed by atoms with van der Waals surface area (Å²) in [5.41, 5.74) is 3.11. The second-order valence-electron chi connectivity index (χ2n) is 53.7. The fourth-order valence-electron chi connectivity index (χ4n) is 35.1. The molecule has 6 nitrogen and oxygen atoms in total. The Balaban J connectivity index is 0.000000343. The fourth-order valence-corrected chi connectivity index (χ4v) is 37.7. The van der Waals surface area contributed by atoms with Gasteiger partial charge in [-0.2, -0.15) is 0 Å². The molecule has 16 rings (SSSR count). The van der Waals surface area contributed by atoms with Crippen molar-refractivity contribution in [1.29, 1.82) is 0 Å². The Labute approximate surface area is 918 Å². The maximum absolute atomic E-state index is 5.95. The molecule has 15 fully saturated rings. The molecule has 3 heterocycles. The summed E-state index contributed by atoms with van der Waals surface area (Å²) in [5.74, 6) is 23.4. The summed E-state index contributed by atoms with van der Waals surface area (Å²) in [6, 6.07) is 16.9. The molecule has 16 heteroatoms. The first-order valence-electron chi connectivity index (χ1n) is 56.9. The van der Waals surface area contributed by atoms with E-state index in [1.165, 1.54) is 289 Å². The number of nitrogens with zero attached hydrogens (tertiary/aromatic N) is 3. The molecule has 138 heavy (non-hydrogen) atoms. The van der Waals surface area contributed by atoms with Crippen LogP contribution in [0.15, 0.2) is 30.3 Å². The summed E-state index contributed by atoms with van der Waals surface area (Å²) < 4.78 is 21.1. The zero-order valence-corrected chi connectivity index (χ0v) is 108. The molecule has 1 aromatic carbocycles. The van der Waals surface area contributed by atoms with E-state index in [1.807, 2.05) is 0 Å². The second-order valence-corrected chi connectivity index (χ2v) is 69.7. The molecule has 1 aromatic rings. The topological polar surface area (TPSA) is 37.4 Å². The number of likely N-dealkylation sites (tertiary alicyclic amines) is 2. The van der Waals surface area contributed by atoms with Crippen molar-refractivity contribution in [2.24, 2.45) is 158 Å². The van der Waals surface area contributed by atoms with Crippen molar-refractivity contribution in [2.75, 3.05) is 26.4 Å². The molecule has 0 radical (unpaired) electrons. The van der Waals surface area contributed by atoms with E-state index in [0.29, 0.717) is 16.2 Å². The summed E-state index contributed by atoms with van der Waals surface area (Å²) in [6.07, 6.45) is 68.8. The van der Waals surface area contributed by atoms with Gasteiger partial charge < -0.3 is 63.3 Å². The van der Waals surface area contributed by atoms with Gasteiger partial charge in [0.2, 0.25) is 0 Å². The van der Waals surface area contributed by atoms with Gasteiger partial charge in [0.1, 0.15) is 8.24 Å². The summed E-state index contributed by atoms with van der Waals surface area (Å²) in [7, 11) is 28.2. The number of rotatable bonds is 33. The monoisotopic (exact) mass is 2290 g/mol. The molecule has 15 aliphatic rings. The standard InChI is InChI=1S/C41H67NO.C38H69NO.C37H69NOSi.6CH3.6ClH.3Zr/c1-29-21-24-36-35(26-29)37-38(33-19-13-14-20-34(33)39(37)42(36)28-31-17-11-9-12-18-31)41(5,6)32-23-22-30(27-32)16-10-7-8-15-25-43-40(2,3)4;1-8-9-23-39-33-22-19-27(2)25-32(33)34-35(30-17-13-14-18-31(30)36(34)39)38(6,7)29-21-20-28(26-29)16-12-10-11-15-24-40-37(3,4)5;1-26-19-22-32-31(24-26)33-34(29-17-13-14-18-30(29)35(33)38(32)40(7,8)9)37(5,6)28-21-20-27(25-28)16-12-10-11-15-23-39-36(2,3)4;;;;;;;;;;;;;;;/h9,11-12,17-18,29-30,32-39H,7-8,10,13-16,19-28H2,1-6H3;27-36H,8-26H2,1-7H3;26-35H,10-25H2,1-9H3;6*1H3;6*1H;;;/q;;;6*-1;;;;;;;3*+4/p-6. The third-order valence-electron chi connectivity index (χ3n) is 40.1. The molecule has 3 saturated heterocycles. The minimum atomic E-state index is -1.36. The van der Waals surface area contributed by atoms with Crippen LogP contribution in [0.2, 0.25) is 19.6 Å². The molecule has 30 atom stereocenters. The van der Waals surface area contributed by atoms with Crippen molar-refractivity contribution in [3.05, 3.63) is 80.5 Å². The molecule has 802 valence electrons. The molecule has 0 aromatic heterocycles. The van der Waals surface area contributed by atoms with Crippen LogP contribution in [0.3, 0.4) is 0 Å². The van der Waals surface area contributed by atoms with Crippen LogP contribution in [-0.4, -0.2) is 102 Å². The normalized spacial score (nSPS) is 35.6. The van der Waals surface area contributed by atoms with E-state index in [9.17, 15) is 0 Å². The molecule has 12 saturated carbocycles. The van der Waals surface area contributed by atoms with Crippen LogP contribution in [-0.2, 0) is 83.3 Å². The van der Waals surface area contributed by atoms with Gasteiger partial charge in [0.25, 0.3) is 0 Å². The minimum absolute atomic E-state index is 0. The molecule has 0 N–H and O–H groups in total. The van der Waals surface area contributed by atoms with E-state index in [4.69, 9.17) is 65.3 Å². The first-order chi connectivity index (χ1) is 62.8. The molecule has 30 unspecified atom stereocenters. The Morgan fingerprint density at radius 2 is 0.616 bits per heavy atom. The Hall–Kier alpha value is 3.59. The summed E-state index contributed by atoms with van der Waals surface area (Å²) in [5, 5.41) is 0. The van der Waals surface area contributed by atoms with Crippen LogP contribution >= 0.6 is 51.1 Å². The summed E-state index contributed by atoms with van der Waals surface area (Å²) >= 11 is -2.48. The van der Waals surface area contributed by atoms with Gasteiger partial charge in [-0.05, 0) is 393 Å². The summed E-state index contributed by atoms with van der Waals surface area (Å²) in [6.45, 7) is 60.0. The Kier molecular flexibility index (Phi) is 59.1. The number of benzene rings is 1. The molecule has 0 amide bonds. The van der Waals surface area contributed by atoms with E-state index in [1.54, 1.807) is 31.2 Å². The van der Waals surface area contributed by atoms with Gasteiger partial charge in [-0.3, -0.25) is 9.80 Å². The van der Waals surface area contributed by atoms with Crippen LogP contribution in [0.25, 0.3) is 0 Å². The number of hydrogen-bond donors (Lipinski definition) is 0. The van der Waals surface area contributed by atoms with Gasteiger partial charge >= 0.3 is 114 Å². The van der Waals surface area contributed by atoms with Crippen molar-refractivity contribution in [1.82, 2.24) is 14.4 Å². The summed E-state index contributed by atoms with van der Waals surface area (Å²) in [4.78, 5) is 6.33. The number of hydrogen-bond acceptors (Lipinski definition) is 6. The molecular formula is C122H223Cl6N3O3SiZr3. The predicted octanol–water partition coefficient (Wildman–Crippen LogP) is 38.9. The van der Waals surface area contributed by atoms with Crippen molar-refractivity contribution < 1.29 is 76.8 Å². The average molecular weight is 2290 g/mol. The van der Waals surface area contributed by atoms with E-state index < -0.39 is 70.8 Å². The Morgan fingerprint density at radius 3 is 0.942 bits per heavy atom. The van der Waals surface area contributed by atoms with Gasteiger partial charge in [-0.15, -0.1) is 0 Å². The van der Waals surface area contributed by atoms with E-state index in [0.717, 1.165) is 198 Å². The quantitative estimate of drug-likeness (QED) is 0.0397. The predicted molar refractivity (Wildman–Crippen MR) is 602 cm³/mol. The van der Waals surface area contributed by atoms with Gasteiger partial charge in [-0.25, -0.2) is 0 Å². The molecular weight excluding hydrogens is 2070 g/mol. The van der Waals surface area contributed by atoms with Gasteiger partial charge in [0.15, 0.2) is 0 Å². The van der Waals surface area contributed by atoms with Crippen molar-refractivity contribution >= 4 is 59.3 Å². The number of unbranched alkanes of at least 4 members (excludes halogenated alkanes) is 10. The molecule has 12 aliphatic carbocycles. The van der Waals surface area contributed by atoms with Crippen molar-refractivity contribution in [3.8, 4) is 0 Å². The van der Waals surface area contributed by atoms with Crippen molar-refractivity contribution in [2.45, 2.75) is 513 Å². The van der Waals surface area contributed by atoms with Gasteiger partial charge in [0, 0.05) is 62.6 Å². The van der Waals surface area contributed by atoms with Gasteiger partial charge in [0.05, 0.1) is 16.8 Å². The zero-order valence-electron chi connectivity index (χ0n) is 95.3. The van der Waals surface area contributed by atoms with Gasteiger partial charge in [-0.1, -0.05) is 260 Å². The maximum atomic E-state index is 5.95. The molecule has 0 bridgehead atoms. The van der Waals surface area contributed by atoms with Crippen molar-refractivity contribution in [3.63, 3.8) is 0 Å². The average Bonchev–Trinajstić information content (AvgIpc) is 1.22. The number of fused-ring (bicyclic) bond motifs is 15. The second kappa shape index (κ2) is 61.8. The first kappa shape index (κ1) is 132. The number of halogens is 6. The zero-order chi connectivity index (χ0) is 95.7. The van der Waals surface area contributed by atoms with Crippen LogP contribution in [0.5, 0.6) is 0 Å². The van der Waals surface area contributed by atoms with Crippen LogP contribution in [0.1, 0.15) is 439 Å². The molecule has 3 aliphatic heterocycles. The van der Waals surface area contributed by atoms with E-state index >= 15 is 0 Å².